The minimum Gasteiger partial charge on any atom is -0.497 e. The molecule has 1 aliphatic rings. The fraction of sp³-hybridized carbons (Fsp3) is 0.500. The number of nitrogens with one attached hydrogen (secondary N) is 1. The van der Waals surface area contributed by atoms with Gasteiger partial charge in [0.25, 0.3) is 0 Å². The fourth-order valence-corrected chi connectivity index (χ4v) is 2.65. The topological polar surface area (TPSA) is 58.6 Å². The third-order valence-corrected chi connectivity index (χ3v) is 3.76. The van der Waals surface area contributed by atoms with Gasteiger partial charge in [-0.1, -0.05) is 26.0 Å². The number of carbonyl (C=O) groups is 2. The third kappa shape index (κ3) is 3.17. The smallest absolute Gasteiger partial charge is 0.245 e. The van der Waals surface area contributed by atoms with E-state index in [1.54, 1.807) is 18.9 Å². The highest BCUT2D eigenvalue weighted by Gasteiger charge is 2.39. The van der Waals surface area contributed by atoms with Crippen LogP contribution < -0.4 is 10.1 Å². The van der Waals surface area contributed by atoms with E-state index in [0.29, 0.717) is 6.54 Å². The maximum Gasteiger partial charge on any atom is 0.245 e. The Morgan fingerprint density at radius 3 is 2.38 bits per heavy atom. The lowest BCUT2D eigenvalue weighted by atomic mass is 9.96. The monoisotopic (exact) mass is 290 g/mol. The molecule has 21 heavy (non-hydrogen) atoms. The summed E-state index contributed by atoms with van der Waals surface area (Å²) in [6, 6.07) is 6.66. The first kappa shape index (κ1) is 15.4. The van der Waals surface area contributed by atoms with E-state index in [4.69, 9.17) is 4.74 Å². The number of amides is 2. The number of piperazine rings is 1. The molecule has 1 aromatic carbocycles. The average Bonchev–Trinajstić information content (AvgIpc) is 2.44. The van der Waals surface area contributed by atoms with Crippen molar-refractivity contribution in [2.75, 3.05) is 7.11 Å². The van der Waals surface area contributed by atoms with E-state index in [0.717, 1.165) is 11.3 Å². The molecule has 5 nitrogen and oxygen atoms in total. The largest absolute Gasteiger partial charge is 0.497 e. The fourth-order valence-electron chi connectivity index (χ4n) is 2.65. The standard InChI is InChI=1S/C16H22N2O3/c1-10(2)14-15(19)17-11(3)16(20)18(14)9-12-5-7-13(21-4)8-6-12/h5-8,10-11,14H,9H2,1-4H3,(H,17,19). The molecule has 1 aliphatic heterocycles. The van der Waals surface area contributed by atoms with Crippen molar-refractivity contribution >= 4 is 11.8 Å². The number of nitrogens with zero attached hydrogens (tertiary/aromatic N) is 1. The molecule has 1 fully saturated rings. The Balaban J connectivity index is 2.23. The van der Waals surface area contributed by atoms with Gasteiger partial charge in [0, 0.05) is 6.54 Å². The summed E-state index contributed by atoms with van der Waals surface area (Å²) in [5.41, 5.74) is 0.983. The molecule has 1 heterocycles. The molecule has 0 spiro atoms. The second-order valence-electron chi connectivity index (χ2n) is 5.73. The van der Waals surface area contributed by atoms with Gasteiger partial charge in [0.15, 0.2) is 0 Å². The number of rotatable bonds is 4. The van der Waals surface area contributed by atoms with Crippen molar-refractivity contribution in [1.29, 1.82) is 0 Å². The van der Waals surface area contributed by atoms with E-state index in [2.05, 4.69) is 5.32 Å². The number of carbonyl (C=O) groups excluding carboxylic acids is 2. The van der Waals surface area contributed by atoms with Crippen LogP contribution in [-0.2, 0) is 16.1 Å². The van der Waals surface area contributed by atoms with Gasteiger partial charge in [-0.3, -0.25) is 9.59 Å². The van der Waals surface area contributed by atoms with Gasteiger partial charge >= 0.3 is 0 Å². The first-order valence-electron chi connectivity index (χ1n) is 7.17. The van der Waals surface area contributed by atoms with Crippen molar-refractivity contribution in [2.45, 2.75) is 39.4 Å². The summed E-state index contributed by atoms with van der Waals surface area (Å²) in [7, 11) is 1.62. The second kappa shape index (κ2) is 6.16. The van der Waals surface area contributed by atoms with Crippen LogP contribution in [0.5, 0.6) is 5.75 Å². The predicted molar refractivity (Wildman–Crippen MR) is 79.8 cm³/mol. The lowest BCUT2D eigenvalue weighted by Crippen LogP contribution is -2.63. The van der Waals surface area contributed by atoms with E-state index >= 15 is 0 Å². The summed E-state index contributed by atoms with van der Waals surface area (Å²) in [5.74, 6) is 0.727. The van der Waals surface area contributed by atoms with Crippen LogP contribution in [0.1, 0.15) is 26.3 Å². The Morgan fingerprint density at radius 2 is 1.86 bits per heavy atom. The number of methoxy groups -OCH3 is 1. The molecule has 2 amide bonds. The van der Waals surface area contributed by atoms with Crippen LogP contribution in [-0.4, -0.2) is 35.9 Å². The Kier molecular flexibility index (Phi) is 4.50. The molecule has 0 radical (unpaired) electrons. The Morgan fingerprint density at radius 1 is 1.24 bits per heavy atom. The van der Waals surface area contributed by atoms with Gasteiger partial charge in [-0.25, -0.2) is 0 Å². The van der Waals surface area contributed by atoms with Crippen molar-refractivity contribution < 1.29 is 14.3 Å². The van der Waals surface area contributed by atoms with Crippen LogP contribution in [0.2, 0.25) is 0 Å². The van der Waals surface area contributed by atoms with Gasteiger partial charge < -0.3 is 15.0 Å². The SMILES string of the molecule is COc1ccc(CN2C(=O)C(C)NC(=O)C2C(C)C)cc1. The van der Waals surface area contributed by atoms with E-state index in [-0.39, 0.29) is 17.7 Å². The number of hydrogen-bond acceptors (Lipinski definition) is 3. The molecule has 2 atom stereocenters. The van der Waals surface area contributed by atoms with E-state index in [1.165, 1.54) is 0 Å². The van der Waals surface area contributed by atoms with Crippen molar-refractivity contribution in [3.8, 4) is 5.75 Å². The van der Waals surface area contributed by atoms with Crippen molar-refractivity contribution in [1.82, 2.24) is 10.2 Å². The molecule has 0 bridgehead atoms. The molecule has 5 heteroatoms. The van der Waals surface area contributed by atoms with Gasteiger partial charge in [0.2, 0.25) is 11.8 Å². The Bertz CT molecular complexity index is 525. The highest BCUT2D eigenvalue weighted by atomic mass is 16.5. The summed E-state index contributed by atoms with van der Waals surface area (Å²) in [4.78, 5) is 26.2. The minimum atomic E-state index is -0.467. The van der Waals surface area contributed by atoms with Crippen LogP contribution in [0.4, 0.5) is 0 Å². The summed E-state index contributed by atoms with van der Waals surface area (Å²) < 4.78 is 5.13. The summed E-state index contributed by atoms with van der Waals surface area (Å²) >= 11 is 0. The molecule has 2 unspecified atom stereocenters. The quantitative estimate of drug-likeness (QED) is 0.915. The zero-order valence-electron chi connectivity index (χ0n) is 12.9. The molecule has 0 aliphatic carbocycles. The zero-order chi connectivity index (χ0) is 15.6. The number of benzene rings is 1. The lowest BCUT2D eigenvalue weighted by Gasteiger charge is -2.40. The van der Waals surface area contributed by atoms with Crippen LogP contribution >= 0.6 is 0 Å². The predicted octanol–water partition coefficient (Wildman–Crippen LogP) is 1.57. The molecule has 1 saturated heterocycles. The summed E-state index contributed by atoms with van der Waals surface area (Å²) in [5, 5.41) is 2.74. The highest BCUT2D eigenvalue weighted by Crippen LogP contribution is 2.21. The van der Waals surface area contributed by atoms with Crippen LogP contribution in [0.25, 0.3) is 0 Å². The first-order chi connectivity index (χ1) is 9.93. The normalized spacial score (nSPS) is 22.4. The molecule has 0 saturated carbocycles. The summed E-state index contributed by atoms with van der Waals surface area (Å²) in [6.07, 6.45) is 0. The van der Waals surface area contributed by atoms with Gasteiger partial charge in [-0.2, -0.15) is 0 Å². The Labute approximate surface area is 125 Å². The van der Waals surface area contributed by atoms with E-state index in [9.17, 15) is 9.59 Å². The average molecular weight is 290 g/mol. The minimum absolute atomic E-state index is 0.0379. The lowest BCUT2D eigenvalue weighted by molar-refractivity contribution is -0.151. The van der Waals surface area contributed by atoms with Gasteiger partial charge in [-0.15, -0.1) is 0 Å². The van der Waals surface area contributed by atoms with Crippen molar-refractivity contribution in [3.05, 3.63) is 29.8 Å². The maximum absolute atomic E-state index is 12.4. The molecular formula is C16H22N2O3. The number of ether oxygens (including phenoxy) is 1. The zero-order valence-corrected chi connectivity index (χ0v) is 12.9. The van der Waals surface area contributed by atoms with Gasteiger partial charge in [0.05, 0.1) is 7.11 Å². The molecule has 0 aromatic heterocycles. The summed E-state index contributed by atoms with van der Waals surface area (Å²) in [6.45, 7) is 6.06. The van der Waals surface area contributed by atoms with E-state index < -0.39 is 12.1 Å². The molecule has 114 valence electrons. The number of hydrogen-bond donors (Lipinski definition) is 1. The van der Waals surface area contributed by atoms with E-state index in [1.807, 2.05) is 38.1 Å². The van der Waals surface area contributed by atoms with Gasteiger partial charge in [0.1, 0.15) is 17.8 Å². The van der Waals surface area contributed by atoms with Crippen LogP contribution in [0.15, 0.2) is 24.3 Å². The molecule has 1 aromatic rings. The first-order valence-corrected chi connectivity index (χ1v) is 7.17. The van der Waals surface area contributed by atoms with Crippen molar-refractivity contribution in [2.24, 2.45) is 5.92 Å². The second-order valence-corrected chi connectivity index (χ2v) is 5.73. The van der Waals surface area contributed by atoms with Crippen LogP contribution in [0, 0.1) is 5.92 Å². The van der Waals surface area contributed by atoms with Crippen molar-refractivity contribution in [3.63, 3.8) is 0 Å². The Hall–Kier alpha value is -2.04. The third-order valence-electron chi connectivity index (χ3n) is 3.76. The van der Waals surface area contributed by atoms with Gasteiger partial charge in [-0.05, 0) is 30.5 Å². The molecule has 2 rings (SSSR count). The molecular weight excluding hydrogens is 268 g/mol. The maximum atomic E-state index is 12.4. The van der Waals surface area contributed by atoms with Crippen LogP contribution in [0.3, 0.4) is 0 Å². The highest BCUT2D eigenvalue weighted by molar-refractivity contribution is 5.96. The molecule has 1 N–H and O–H groups in total.